The van der Waals surface area contributed by atoms with Crippen molar-refractivity contribution in [3.05, 3.63) is 114 Å². The highest BCUT2D eigenvalue weighted by atomic mass is 32.2. The number of amides is 2. The molecular weight excluding hydrogens is 629 g/mol. The van der Waals surface area contributed by atoms with E-state index in [1.165, 1.54) is 22.3 Å². The van der Waals surface area contributed by atoms with Crippen LogP contribution in [0.4, 0.5) is 17.1 Å². The van der Waals surface area contributed by atoms with Gasteiger partial charge in [0.25, 0.3) is 11.8 Å². The smallest absolute Gasteiger partial charge is 0.266 e. The Balaban J connectivity index is 1.38. The quantitative estimate of drug-likeness (QED) is 0.147. The van der Waals surface area contributed by atoms with Crippen molar-refractivity contribution in [3.63, 3.8) is 0 Å². The molecule has 0 aliphatic carbocycles. The number of hydrogen-bond acceptors (Lipinski definition) is 5. The van der Waals surface area contributed by atoms with Crippen molar-refractivity contribution in [2.45, 2.75) is 94.8 Å². The first-order valence-electron chi connectivity index (χ1n) is 17.1. The van der Waals surface area contributed by atoms with Crippen LogP contribution < -0.4 is 20.5 Å². The van der Waals surface area contributed by atoms with Crippen molar-refractivity contribution >= 4 is 46.5 Å². The highest BCUT2D eigenvalue weighted by molar-refractivity contribution is 8.01. The minimum atomic E-state index is -0.688. The van der Waals surface area contributed by atoms with Gasteiger partial charge in [0, 0.05) is 16.1 Å². The van der Waals surface area contributed by atoms with Crippen LogP contribution in [0.2, 0.25) is 0 Å². The molecule has 1 aliphatic heterocycles. The van der Waals surface area contributed by atoms with Crippen molar-refractivity contribution in [2.24, 2.45) is 4.99 Å². The Hall–Kier alpha value is -4.56. The summed E-state index contributed by atoms with van der Waals surface area (Å²) in [5, 5.41) is 4.02. The lowest BCUT2D eigenvalue weighted by Gasteiger charge is -2.31. The van der Waals surface area contributed by atoms with Gasteiger partial charge in [-0.2, -0.15) is 0 Å². The van der Waals surface area contributed by atoms with E-state index in [9.17, 15) is 9.59 Å². The Bertz CT molecular complexity index is 1790. The molecule has 0 saturated carbocycles. The van der Waals surface area contributed by atoms with E-state index in [1.807, 2.05) is 97.9 Å². The zero-order chi connectivity index (χ0) is 35.2. The Kier molecular flexibility index (Phi) is 11.2. The molecule has 0 unspecified atom stereocenters. The molecule has 256 valence electrons. The van der Waals surface area contributed by atoms with Crippen molar-refractivity contribution in [3.8, 4) is 5.75 Å². The highest BCUT2D eigenvalue weighted by Gasteiger charge is 2.39. The third kappa shape index (κ3) is 8.36. The van der Waals surface area contributed by atoms with E-state index in [0.717, 1.165) is 34.7 Å². The topological polar surface area (TPSA) is 83.0 Å². The molecule has 0 aromatic heterocycles. The zero-order valence-electron chi connectivity index (χ0n) is 29.6. The monoisotopic (exact) mass is 676 g/mol. The van der Waals surface area contributed by atoms with Crippen molar-refractivity contribution in [1.82, 2.24) is 5.43 Å². The number of hydrazine groups is 1. The van der Waals surface area contributed by atoms with Gasteiger partial charge >= 0.3 is 0 Å². The molecule has 1 heterocycles. The van der Waals surface area contributed by atoms with Crippen LogP contribution in [-0.2, 0) is 20.4 Å². The van der Waals surface area contributed by atoms with E-state index in [-0.39, 0.29) is 22.6 Å². The van der Waals surface area contributed by atoms with Gasteiger partial charge in [0.05, 0.1) is 11.4 Å². The van der Waals surface area contributed by atoms with Gasteiger partial charge in [-0.3, -0.25) is 15.0 Å². The van der Waals surface area contributed by atoms with Crippen LogP contribution in [0.1, 0.15) is 78.9 Å². The number of carbonyl (C=O) groups is 2. The fourth-order valence-electron chi connectivity index (χ4n) is 5.52. The molecule has 0 spiro atoms. The largest absolute Gasteiger partial charge is 0.480 e. The second-order valence-corrected chi connectivity index (χ2v) is 14.8. The molecule has 1 saturated heterocycles. The van der Waals surface area contributed by atoms with E-state index < -0.39 is 11.4 Å². The van der Waals surface area contributed by atoms with E-state index in [0.29, 0.717) is 23.6 Å². The minimum absolute atomic E-state index is 0.0361. The van der Waals surface area contributed by atoms with Gasteiger partial charge < -0.3 is 10.1 Å². The number of thioether (sulfide) groups is 1. The van der Waals surface area contributed by atoms with Crippen molar-refractivity contribution in [2.75, 3.05) is 10.3 Å². The molecule has 2 amide bonds. The first-order chi connectivity index (χ1) is 23.5. The summed E-state index contributed by atoms with van der Waals surface area (Å²) in [4.78, 5) is 33.2. The van der Waals surface area contributed by atoms with Crippen molar-refractivity contribution < 1.29 is 14.3 Å². The second-order valence-electron chi connectivity index (χ2n) is 13.7. The van der Waals surface area contributed by atoms with Crippen molar-refractivity contribution in [1.29, 1.82) is 0 Å². The number of nitrogens with zero attached hydrogens (tertiary/aromatic N) is 2. The lowest BCUT2D eigenvalue weighted by molar-refractivity contribution is -0.123. The fraction of sp³-hybridized carbons (Fsp3) is 0.341. The molecule has 2 N–H and O–H groups in total. The standard InChI is InChI=1S/C41H48N4O3S/c1-8-34(48-35-25-24-28(40(4,5)9-2)26-33(35)41(6,7)10-3)38(46)43-30-19-17-18-29(27-30)42-37-36(49-32-22-15-12-16-23-32)39(47)45(44-37)31-20-13-11-14-21-31/h11-27,34,36H,8-10H2,1-7H3,(H,42,44)(H,43,46)/t34-,36+/m0/s1. The number of benzene rings is 4. The van der Waals surface area contributed by atoms with Gasteiger partial charge in [0.15, 0.2) is 6.10 Å². The number of hydrogen-bond donors (Lipinski definition) is 2. The summed E-state index contributed by atoms with van der Waals surface area (Å²) in [6, 6.07) is 33.1. The summed E-state index contributed by atoms with van der Waals surface area (Å²) < 4.78 is 6.50. The van der Waals surface area contributed by atoms with Crippen LogP contribution in [0.5, 0.6) is 5.75 Å². The number of nitrogens with one attached hydrogen (secondary N) is 2. The van der Waals surface area contributed by atoms with E-state index in [2.05, 4.69) is 64.4 Å². The lowest BCUT2D eigenvalue weighted by Crippen LogP contribution is -2.35. The maximum Gasteiger partial charge on any atom is 0.266 e. The molecule has 4 aromatic rings. The number of aliphatic imine (C=N–C) groups is 1. The summed E-state index contributed by atoms with van der Waals surface area (Å²) in [7, 11) is 0. The van der Waals surface area contributed by atoms with Gasteiger partial charge in [0.2, 0.25) is 0 Å². The lowest BCUT2D eigenvalue weighted by atomic mass is 9.76. The molecule has 5 rings (SSSR count). The van der Waals surface area contributed by atoms with E-state index in [1.54, 1.807) is 0 Å². The predicted octanol–water partition coefficient (Wildman–Crippen LogP) is 9.60. The molecular formula is C41H48N4O3S. The van der Waals surface area contributed by atoms with Crippen LogP contribution in [-0.4, -0.2) is 29.0 Å². The van der Waals surface area contributed by atoms with Gasteiger partial charge in [-0.1, -0.05) is 103 Å². The first kappa shape index (κ1) is 35.7. The Labute approximate surface area is 295 Å². The second kappa shape index (κ2) is 15.3. The maximum absolute atomic E-state index is 13.7. The Morgan fingerprint density at radius 3 is 2.20 bits per heavy atom. The number of ether oxygens (including phenoxy) is 1. The first-order valence-corrected chi connectivity index (χ1v) is 18.0. The van der Waals surface area contributed by atoms with Crippen LogP contribution >= 0.6 is 11.8 Å². The minimum Gasteiger partial charge on any atom is -0.480 e. The molecule has 2 atom stereocenters. The zero-order valence-corrected chi connectivity index (χ0v) is 30.4. The number of rotatable bonds is 13. The summed E-state index contributed by atoms with van der Waals surface area (Å²) in [5.74, 6) is 0.920. The number of carbonyl (C=O) groups excluding carboxylic acids is 2. The SMILES string of the molecule is CC[C@H](Oc1ccc(C(C)(C)CC)cc1C(C)(C)CC)C(=O)Nc1cccc(N=C2NN(c3ccccc3)C(=O)[C@@H]2Sc2ccccc2)c1. The van der Waals surface area contributed by atoms with Crippen LogP contribution in [0, 0.1) is 0 Å². The van der Waals surface area contributed by atoms with Gasteiger partial charge in [-0.15, -0.1) is 11.8 Å². The van der Waals surface area contributed by atoms with Crippen LogP contribution in [0.3, 0.4) is 0 Å². The number of anilines is 2. The van der Waals surface area contributed by atoms with E-state index >= 15 is 0 Å². The Morgan fingerprint density at radius 2 is 1.55 bits per heavy atom. The van der Waals surface area contributed by atoms with Gasteiger partial charge in [0.1, 0.15) is 16.8 Å². The molecule has 1 fully saturated rings. The number of para-hydroxylation sites is 1. The van der Waals surface area contributed by atoms with E-state index in [4.69, 9.17) is 9.73 Å². The molecule has 8 heteroatoms. The third-order valence-electron chi connectivity index (χ3n) is 9.48. The maximum atomic E-state index is 13.7. The summed E-state index contributed by atoms with van der Waals surface area (Å²) >= 11 is 1.44. The van der Waals surface area contributed by atoms with Crippen LogP contribution in [0.25, 0.3) is 0 Å². The molecule has 1 aliphatic rings. The van der Waals surface area contributed by atoms with Gasteiger partial charge in [-0.25, -0.2) is 10.0 Å². The molecule has 0 bridgehead atoms. The average molecular weight is 677 g/mol. The summed E-state index contributed by atoms with van der Waals surface area (Å²) in [5.41, 5.74) is 7.47. The predicted molar refractivity (Wildman–Crippen MR) is 203 cm³/mol. The van der Waals surface area contributed by atoms with Gasteiger partial charge in [-0.05, 0) is 84.2 Å². The average Bonchev–Trinajstić information content (AvgIpc) is 3.41. The third-order valence-corrected chi connectivity index (χ3v) is 10.7. The molecule has 4 aromatic carbocycles. The Morgan fingerprint density at radius 1 is 0.878 bits per heavy atom. The fourth-order valence-corrected chi connectivity index (χ4v) is 6.53. The highest BCUT2D eigenvalue weighted by Crippen LogP contribution is 2.39. The summed E-state index contributed by atoms with van der Waals surface area (Å²) in [6.07, 6.45) is 1.77. The number of amidine groups is 1. The normalized spacial score (nSPS) is 16.4. The summed E-state index contributed by atoms with van der Waals surface area (Å²) in [6.45, 7) is 15.3. The molecule has 7 nitrogen and oxygen atoms in total. The molecule has 49 heavy (non-hydrogen) atoms. The van der Waals surface area contributed by atoms with Crippen LogP contribution in [0.15, 0.2) is 113 Å². The molecule has 0 radical (unpaired) electrons.